The Labute approximate surface area is 215 Å². The Morgan fingerprint density at radius 3 is 2.53 bits per heavy atom. The first kappa shape index (κ1) is 25.3. The Bertz CT molecular complexity index is 1380. The number of hydrogen-bond donors (Lipinski definition) is 2. The molecule has 0 fully saturated rings. The smallest absolute Gasteiger partial charge is 0.249 e. The highest BCUT2D eigenvalue weighted by Gasteiger charge is 2.26. The van der Waals surface area contributed by atoms with E-state index in [0.29, 0.717) is 23.0 Å². The van der Waals surface area contributed by atoms with Crippen LogP contribution >= 0.6 is 11.6 Å². The quantitative estimate of drug-likeness (QED) is 0.361. The van der Waals surface area contributed by atoms with E-state index >= 15 is 0 Å². The Kier molecular flexibility index (Phi) is 7.60. The van der Waals surface area contributed by atoms with Gasteiger partial charge in [0.2, 0.25) is 17.7 Å². The van der Waals surface area contributed by atoms with Gasteiger partial charge in [0.05, 0.1) is 36.0 Å². The van der Waals surface area contributed by atoms with Crippen LogP contribution in [0.4, 0.5) is 5.69 Å². The number of aryl methyl sites for hydroxylation is 2. The normalized spacial score (nSPS) is 11.8. The topological polar surface area (TPSA) is 87.3 Å². The van der Waals surface area contributed by atoms with E-state index in [1.54, 1.807) is 25.4 Å². The zero-order chi connectivity index (χ0) is 25.8. The van der Waals surface area contributed by atoms with Gasteiger partial charge in [-0.2, -0.15) is 0 Å². The molecule has 2 N–H and O–H groups in total. The van der Waals surface area contributed by atoms with Gasteiger partial charge >= 0.3 is 0 Å². The van der Waals surface area contributed by atoms with Crippen LogP contribution in [0, 0.1) is 13.8 Å². The number of fused-ring (bicyclic) bond motifs is 1. The van der Waals surface area contributed by atoms with Gasteiger partial charge in [0.1, 0.15) is 6.04 Å². The Balaban J connectivity index is 1.59. The lowest BCUT2D eigenvalue weighted by molar-refractivity contribution is -0.127. The van der Waals surface area contributed by atoms with Gasteiger partial charge in [-0.3, -0.25) is 9.59 Å². The first-order valence-corrected chi connectivity index (χ1v) is 12.0. The molecule has 0 radical (unpaired) electrons. The minimum absolute atomic E-state index is 0.0986. The highest BCUT2D eigenvalue weighted by atomic mass is 35.5. The highest BCUT2D eigenvalue weighted by molar-refractivity contribution is 6.36. The molecule has 2 amide bonds. The number of carbonyl (C=O) groups excluding carboxylic acids is 2. The molecular weight excluding hydrogens is 476 g/mol. The molecule has 0 unspecified atom stereocenters. The van der Waals surface area contributed by atoms with Crippen molar-refractivity contribution in [3.8, 4) is 5.88 Å². The molecule has 4 aromatic rings. The van der Waals surface area contributed by atoms with Crippen molar-refractivity contribution in [3.63, 3.8) is 0 Å². The third-order valence-corrected chi connectivity index (χ3v) is 6.65. The lowest BCUT2D eigenvalue weighted by Gasteiger charge is -2.25. The molecular formula is C28H29ClN4O3. The van der Waals surface area contributed by atoms with Gasteiger partial charge in [-0.1, -0.05) is 48.0 Å². The number of pyridine rings is 1. The number of halogens is 1. The number of anilines is 1. The molecule has 0 saturated carbocycles. The second kappa shape index (κ2) is 10.8. The van der Waals surface area contributed by atoms with Crippen molar-refractivity contribution in [1.82, 2.24) is 15.3 Å². The van der Waals surface area contributed by atoms with Gasteiger partial charge < -0.3 is 19.9 Å². The number of amides is 2. The summed E-state index contributed by atoms with van der Waals surface area (Å²) < 4.78 is 5.11. The molecule has 2 heterocycles. The number of H-pyrrole nitrogens is 1. The molecule has 4 rings (SSSR count). The summed E-state index contributed by atoms with van der Waals surface area (Å²) >= 11 is 6.50. The fourth-order valence-corrected chi connectivity index (χ4v) is 4.59. The molecule has 0 aliphatic carbocycles. The molecule has 186 valence electrons. The van der Waals surface area contributed by atoms with Crippen LogP contribution in [-0.2, 0) is 22.4 Å². The predicted molar refractivity (Wildman–Crippen MR) is 143 cm³/mol. The number of ether oxygens (including phenoxy) is 1. The largest absolute Gasteiger partial charge is 0.481 e. The van der Waals surface area contributed by atoms with E-state index in [1.807, 2.05) is 56.3 Å². The van der Waals surface area contributed by atoms with Crippen LogP contribution in [0.1, 0.15) is 22.4 Å². The average molecular weight is 505 g/mol. The van der Waals surface area contributed by atoms with Crippen molar-refractivity contribution >= 4 is 40.0 Å². The van der Waals surface area contributed by atoms with Gasteiger partial charge in [-0.15, -0.1) is 0 Å². The van der Waals surface area contributed by atoms with Crippen LogP contribution in [0.2, 0.25) is 5.02 Å². The van der Waals surface area contributed by atoms with Crippen LogP contribution in [0.3, 0.4) is 0 Å². The highest BCUT2D eigenvalue weighted by Crippen LogP contribution is 2.31. The summed E-state index contributed by atoms with van der Waals surface area (Å²) in [6.45, 7) is 3.92. The van der Waals surface area contributed by atoms with Crippen molar-refractivity contribution in [2.75, 3.05) is 19.1 Å². The van der Waals surface area contributed by atoms with E-state index in [4.69, 9.17) is 16.3 Å². The van der Waals surface area contributed by atoms with Crippen LogP contribution < -0.4 is 15.0 Å². The number of aromatic amines is 1. The number of aromatic nitrogens is 2. The Morgan fingerprint density at radius 1 is 1.11 bits per heavy atom. The molecule has 8 heteroatoms. The van der Waals surface area contributed by atoms with E-state index in [9.17, 15) is 9.59 Å². The minimum atomic E-state index is -0.769. The number of benzene rings is 2. The summed E-state index contributed by atoms with van der Waals surface area (Å²) in [6, 6.07) is 16.1. The van der Waals surface area contributed by atoms with Crippen LogP contribution in [-0.4, -0.2) is 42.0 Å². The summed E-state index contributed by atoms with van der Waals surface area (Å²) in [6.07, 6.45) is 2.02. The lowest BCUT2D eigenvalue weighted by Crippen LogP contribution is -2.49. The first-order valence-electron chi connectivity index (χ1n) is 11.7. The Morgan fingerprint density at radius 2 is 1.86 bits per heavy atom. The fraction of sp³-hybridized carbons (Fsp3) is 0.250. The molecule has 36 heavy (non-hydrogen) atoms. The van der Waals surface area contributed by atoms with Crippen LogP contribution in [0.25, 0.3) is 10.9 Å². The fourth-order valence-electron chi connectivity index (χ4n) is 4.32. The zero-order valence-corrected chi connectivity index (χ0v) is 21.5. The SMILES string of the molecule is COc1ccc(N(C)C(=O)[C@H](Cc2ccccc2)NC(=O)Cc2c(C)[nH]c3c(C)ccc(Cl)c23)cn1. The number of carbonyl (C=O) groups is 2. The van der Waals surface area contributed by atoms with E-state index < -0.39 is 6.04 Å². The van der Waals surface area contributed by atoms with E-state index in [2.05, 4.69) is 15.3 Å². The number of hydrogen-bond acceptors (Lipinski definition) is 4. The van der Waals surface area contributed by atoms with Crippen LogP contribution in [0.15, 0.2) is 60.8 Å². The van der Waals surface area contributed by atoms with Crippen molar-refractivity contribution < 1.29 is 14.3 Å². The second-order valence-corrected chi connectivity index (χ2v) is 9.19. The summed E-state index contributed by atoms with van der Waals surface area (Å²) in [4.78, 5) is 35.9. The van der Waals surface area contributed by atoms with Gasteiger partial charge in [-0.05, 0) is 42.7 Å². The van der Waals surface area contributed by atoms with Crippen LogP contribution in [0.5, 0.6) is 5.88 Å². The first-order chi connectivity index (χ1) is 17.3. The monoisotopic (exact) mass is 504 g/mol. The Hall–Kier alpha value is -3.84. The van der Waals surface area contributed by atoms with Crippen molar-refractivity contribution in [2.24, 2.45) is 0 Å². The maximum absolute atomic E-state index is 13.5. The summed E-state index contributed by atoms with van der Waals surface area (Å²) in [7, 11) is 3.20. The number of likely N-dealkylation sites (N-methyl/N-ethyl adjacent to an activating group) is 1. The zero-order valence-electron chi connectivity index (χ0n) is 20.8. The standard InChI is InChI=1S/C28H29ClN4O3/c1-17-10-12-22(29)26-21(18(2)31-27(17)26)15-24(34)32-23(14-19-8-6-5-7-9-19)28(35)33(3)20-11-13-25(36-4)30-16-20/h5-13,16,23,31H,14-15H2,1-4H3,(H,32,34)/t23-/m0/s1. The summed E-state index contributed by atoms with van der Waals surface area (Å²) in [5.74, 6) is -0.0486. The molecule has 7 nitrogen and oxygen atoms in total. The minimum Gasteiger partial charge on any atom is -0.481 e. The lowest BCUT2D eigenvalue weighted by atomic mass is 10.0. The summed E-state index contributed by atoms with van der Waals surface area (Å²) in [5, 5.41) is 4.40. The maximum atomic E-state index is 13.5. The van der Waals surface area contributed by atoms with Crippen molar-refractivity contribution in [1.29, 1.82) is 0 Å². The third-order valence-electron chi connectivity index (χ3n) is 6.33. The van der Waals surface area contributed by atoms with Gasteiger partial charge in [0, 0.05) is 30.6 Å². The van der Waals surface area contributed by atoms with Crippen molar-refractivity contribution in [2.45, 2.75) is 32.7 Å². The molecule has 0 bridgehead atoms. The van der Waals surface area contributed by atoms with E-state index in [0.717, 1.165) is 33.3 Å². The van der Waals surface area contributed by atoms with Gasteiger partial charge in [0.25, 0.3) is 0 Å². The molecule has 0 saturated heterocycles. The third kappa shape index (κ3) is 5.36. The van der Waals surface area contributed by atoms with Crippen molar-refractivity contribution in [3.05, 3.63) is 88.2 Å². The molecule has 2 aromatic carbocycles. The number of nitrogens with one attached hydrogen (secondary N) is 2. The molecule has 0 aliphatic heterocycles. The molecule has 2 aromatic heterocycles. The number of methoxy groups -OCH3 is 1. The van der Waals surface area contributed by atoms with E-state index in [1.165, 1.54) is 12.0 Å². The number of nitrogens with zero attached hydrogens (tertiary/aromatic N) is 2. The molecule has 1 atom stereocenters. The van der Waals surface area contributed by atoms with Gasteiger partial charge in [-0.25, -0.2) is 4.98 Å². The number of rotatable bonds is 8. The molecule has 0 spiro atoms. The predicted octanol–water partition coefficient (Wildman–Crippen LogP) is 4.77. The van der Waals surface area contributed by atoms with E-state index in [-0.39, 0.29) is 18.2 Å². The molecule has 0 aliphatic rings. The summed E-state index contributed by atoms with van der Waals surface area (Å²) in [5.41, 5.74) is 5.23. The van der Waals surface area contributed by atoms with Gasteiger partial charge in [0.15, 0.2) is 0 Å². The maximum Gasteiger partial charge on any atom is 0.249 e. The average Bonchev–Trinajstić information content (AvgIpc) is 3.22. The second-order valence-electron chi connectivity index (χ2n) is 8.79.